The number of imidazole rings is 1. The highest BCUT2D eigenvalue weighted by Gasteiger charge is 2.50. The molecule has 0 radical (unpaired) electrons. The number of alkyl halides is 3. The van der Waals surface area contributed by atoms with E-state index in [2.05, 4.69) is 9.97 Å². The molecular formula is C14H18F3N5O5. The van der Waals surface area contributed by atoms with E-state index >= 15 is 0 Å². The number of aromatic nitrogens is 4. The topological polar surface area (TPSA) is 149 Å². The summed E-state index contributed by atoms with van der Waals surface area (Å²) in [7, 11) is 0. The van der Waals surface area contributed by atoms with Crippen molar-refractivity contribution in [1.82, 2.24) is 19.1 Å². The Kier molecular flexibility index (Phi) is 4.88. The van der Waals surface area contributed by atoms with Crippen molar-refractivity contribution in [2.75, 3.05) is 5.73 Å². The number of nitrogens with two attached hydrogens (primary N) is 1. The van der Waals surface area contributed by atoms with Gasteiger partial charge in [0, 0.05) is 6.42 Å². The van der Waals surface area contributed by atoms with Crippen LogP contribution < -0.4 is 11.4 Å². The fraction of sp³-hybridized carbons (Fsp3) is 0.643. The van der Waals surface area contributed by atoms with Gasteiger partial charge in [0.1, 0.15) is 11.6 Å². The van der Waals surface area contributed by atoms with Crippen molar-refractivity contribution in [2.45, 2.75) is 56.7 Å². The van der Waals surface area contributed by atoms with Crippen molar-refractivity contribution in [2.24, 2.45) is 0 Å². The number of aliphatic hydroxyl groups excluding tert-OH is 3. The Morgan fingerprint density at radius 2 is 2.11 bits per heavy atom. The summed E-state index contributed by atoms with van der Waals surface area (Å²) in [6.45, 7) is 1.29. The Bertz CT molecular complexity index is 896. The largest absolute Gasteiger partial charge is 0.416 e. The number of halogens is 3. The van der Waals surface area contributed by atoms with Crippen LogP contribution in [-0.4, -0.2) is 65.0 Å². The van der Waals surface area contributed by atoms with Gasteiger partial charge in [-0.1, -0.05) is 0 Å². The molecule has 10 nitrogen and oxygen atoms in total. The molecule has 2 aromatic heterocycles. The minimum absolute atomic E-state index is 0.0700. The maximum absolute atomic E-state index is 12.8. The third-order valence-corrected chi connectivity index (χ3v) is 4.23. The number of nitrogen functional groups attached to an aromatic ring is 1. The Labute approximate surface area is 149 Å². The average Bonchev–Trinajstić information content (AvgIpc) is 3.04. The molecule has 27 heavy (non-hydrogen) atoms. The smallest absolute Gasteiger partial charge is 0.392 e. The Balaban J connectivity index is 2.07. The Morgan fingerprint density at radius 3 is 2.70 bits per heavy atom. The zero-order chi connectivity index (χ0) is 20.1. The maximum atomic E-state index is 12.8. The SMILES string of the molecule is C[C@H](O)Cn1c(=O)n([C@@H]2O[C@H]([C@@H](O)C(F)(F)F)C[C@H]2O)c2nc(N)ncc21. The van der Waals surface area contributed by atoms with Crippen LogP contribution in [0.1, 0.15) is 19.6 Å². The average molecular weight is 393 g/mol. The molecule has 0 aromatic carbocycles. The van der Waals surface area contributed by atoms with Crippen molar-refractivity contribution >= 4 is 17.1 Å². The van der Waals surface area contributed by atoms with Gasteiger partial charge in [-0.15, -0.1) is 0 Å². The van der Waals surface area contributed by atoms with Gasteiger partial charge in [0.2, 0.25) is 5.95 Å². The van der Waals surface area contributed by atoms with E-state index in [0.29, 0.717) is 0 Å². The first-order valence-corrected chi connectivity index (χ1v) is 8.00. The fourth-order valence-electron chi connectivity index (χ4n) is 3.07. The number of ether oxygens (including phenoxy) is 1. The predicted octanol–water partition coefficient (Wildman–Crippen LogP) is -0.872. The van der Waals surface area contributed by atoms with Gasteiger partial charge in [-0.05, 0) is 6.92 Å². The van der Waals surface area contributed by atoms with Crippen LogP contribution in [-0.2, 0) is 11.3 Å². The molecule has 0 amide bonds. The molecule has 1 saturated heterocycles. The van der Waals surface area contributed by atoms with Crippen LogP contribution in [0.4, 0.5) is 19.1 Å². The summed E-state index contributed by atoms with van der Waals surface area (Å²) in [5.41, 5.74) is 4.84. The van der Waals surface area contributed by atoms with Gasteiger partial charge < -0.3 is 25.8 Å². The summed E-state index contributed by atoms with van der Waals surface area (Å²) in [5.74, 6) is -0.204. The number of anilines is 1. The number of hydrogen-bond acceptors (Lipinski definition) is 8. The van der Waals surface area contributed by atoms with E-state index in [9.17, 15) is 33.3 Å². The number of nitrogens with zero attached hydrogens (tertiary/aromatic N) is 4. The molecule has 0 saturated carbocycles. The number of hydrogen-bond donors (Lipinski definition) is 4. The lowest BCUT2D eigenvalue weighted by atomic mass is 10.1. The molecule has 2 aromatic rings. The predicted molar refractivity (Wildman–Crippen MR) is 84.5 cm³/mol. The second-order valence-electron chi connectivity index (χ2n) is 6.40. The van der Waals surface area contributed by atoms with Crippen LogP contribution in [0.15, 0.2) is 11.0 Å². The van der Waals surface area contributed by atoms with Crippen LogP contribution >= 0.6 is 0 Å². The van der Waals surface area contributed by atoms with Crippen LogP contribution in [0, 0.1) is 0 Å². The van der Waals surface area contributed by atoms with E-state index < -0.39 is 48.9 Å². The lowest BCUT2D eigenvalue weighted by Gasteiger charge is -2.21. The van der Waals surface area contributed by atoms with E-state index in [1.807, 2.05) is 0 Å². The van der Waals surface area contributed by atoms with E-state index in [1.54, 1.807) is 0 Å². The minimum Gasteiger partial charge on any atom is -0.392 e. The molecule has 0 spiro atoms. The van der Waals surface area contributed by atoms with Gasteiger partial charge in [0.05, 0.1) is 24.9 Å². The molecule has 1 aliphatic heterocycles. The van der Waals surface area contributed by atoms with Crippen LogP contribution in [0.25, 0.3) is 11.2 Å². The molecule has 1 aliphatic rings. The highest BCUT2D eigenvalue weighted by Crippen LogP contribution is 2.36. The molecular weight excluding hydrogens is 375 g/mol. The standard InChI is InChI=1S/C14H18F3N5O5/c1-5(23)4-21-6-3-19-12(18)20-10(6)22(13(21)26)11-7(24)2-8(27-11)9(25)14(15,16)17/h3,5,7-9,11,23-25H,2,4H2,1H3,(H2,18,19,20)/t5-,7+,8-,9+,11+/m0/s1. The molecule has 13 heteroatoms. The number of fused-ring (bicyclic) bond motifs is 1. The second-order valence-corrected chi connectivity index (χ2v) is 6.40. The summed E-state index contributed by atoms with van der Waals surface area (Å²) in [6.07, 6.45) is -12.8. The summed E-state index contributed by atoms with van der Waals surface area (Å²) in [4.78, 5) is 20.5. The monoisotopic (exact) mass is 393 g/mol. The lowest BCUT2D eigenvalue weighted by Crippen LogP contribution is -2.40. The summed E-state index contributed by atoms with van der Waals surface area (Å²) in [5, 5.41) is 29.2. The third-order valence-electron chi connectivity index (χ3n) is 4.23. The molecule has 0 bridgehead atoms. The van der Waals surface area contributed by atoms with Crippen molar-refractivity contribution in [3.8, 4) is 0 Å². The molecule has 0 aliphatic carbocycles. The summed E-state index contributed by atoms with van der Waals surface area (Å²) >= 11 is 0. The second kappa shape index (κ2) is 6.74. The summed E-state index contributed by atoms with van der Waals surface area (Å²) < 4.78 is 45.3. The lowest BCUT2D eigenvalue weighted by molar-refractivity contribution is -0.237. The van der Waals surface area contributed by atoms with Gasteiger partial charge in [-0.2, -0.15) is 18.2 Å². The maximum Gasteiger partial charge on any atom is 0.416 e. The normalized spacial score (nSPS) is 25.8. The first-order chi connectivity index (χ1) is 12.5. The van der Waals surface area contributed by atoms with E-state index in [1.165, 1.54) is 13.1 Å². The van der Waals surface area contributed by atoms with E-state index in [0.717, 1.165) is 9.13 Å². The first kappa shape index (κ1) is 19.5. The van der Waals surface area contributed by atoms with Crippen molar-refractivity contribution in [3.63, 3.8) is 0 Å². The Hall–Kier alpha value is -2.22. The van der Waals surface area contributed by atoms with E-state index in [4.69, 9.17) is 10.5 Å². The molecule has 150 valence electrons. The zero-order valence-corrected chi connectivity index (χ0v) is 14.0. The third kappa shape index (κ3) is 3.50. The first-order valence-electron chi connectivity index (χ1n) is 8.00. The Morgan fingerprint density at radius 1 is 1.44 bits per heavy atom. The van der Waals surface area contributed by atoms with Crippen LogP contribution in [0.5, 0.6) is 0 Å². The molecule has 3 rings (SSSR count). The number of aliphatic hydroxyl groups is 3. The molecule has 0 unspecified atom stereocenters. The molecule has 5 atom stereocenters. The van der Waals surface area contributed by atoms with Gasteiger partial charge in [0.15, 0.2) is 18.0 Å². The fourth-order valence-corrected chi connectivity index (χ4v) is 3.07. The van der Waals surface area contributed by atoms with Crippen LogP contribution in [0.2, 0.25) is 0 Å². The van der Waals surface area contributed by atoms with Crippen LogP contribution in [0.3, 0.4) is 0 Å². The van der Waals surface area contributed by atoms with Crippen molar-refractivity contribution in [3.05, 3.63) is 16.7 Å². The van der Waals surface area contributed by atoms with Gasteiger partial charge in [-0.25, -0.2) is 14.3 Å². The van der Waals surface area contributed by atoms with Crippen molar-refractivity contribution < 1.29 is 33.2 Å². The number of rotatable bonds is 4. The van der Waals surface area contributed by atoms with Gasteiger partial charge in [0.25, 0.3) is 0 Å². The highest BCUT2D eigenvalue weighted by molar-refractivity contribution is 5.72. The molecule has 3 heterocycles. The van der Waals surface area contributed by atoms with Crippen molar-refractivity contribution in [1.29, 1.82) is 0 Å². The summed E-state index contributed by atoms with van der Waals surface area (Å²) in [6, 6.07) is 0. The minimum atomic E-state index is -4.95. The van der Waals surface area contributed by atoms with Gasteiger partial charge >= 0.3 is 11.9 Å². The molecule has 5 N–H and O–H groups in total. The highest BCUT2D eigenvalue weighted by atomic mass is 19.4. The van der Waals surface area contributed by atoms with E-state index in [-0.39, 0.29) is 23.7 Å². The zero-order valence-electron chi connectivity index (χ0n) is 14.0. The molecule has 1 fully saturated rings. The quantitative estimate of drug-likeness (QED) is 0.524. The van der Waals surface area contributed by atoms with Gasteiger partial charge in [-0.3, -0.25) is 4.57 Å².